The first kappa shape index (κ1) is 36.2. The number of carbonyl (C=O) groups excluding carboxylic acids is 1. The summed E-state index contributed by atoms with van der Waals surface area (Å²) >= 11 is 0. The van der Waals surface area contributed by atoms with Crippen LogP contribution < -0.4 is 0 Å². The highest BCUT2D eigenvalue weighted by molar-refractivity contribution is 5.79. The van der Waals surface area contributed by atoms with Crippen molar-refractivity contribution in [2.45, 2.75) is 142 Å². The Morgan fingerprint density at radius 3 is 2.12 bits per heavy atom. The number of esters is 1. The predicted molar refractivity (Wildman–Crippen MR) is 170 cm³/mol. The van der Waals surface area contributed by atoms with Crippen molar-refractivity contribution in [3.8, 4) is 0 Å². The van der Waals surface area contributed by atoms with Crippen LogP contribution in [-0.2, 0) is 19.1 Å². The molecule has 1 saturated heterocycles. The Morgan fingerprint density at radius 2 is 1.50 bits per heavy atom. The van der Waals surface area contributed by atoms with Gasteiger partial charge in [0.25, 0.3) is 0 Å². The molecule has 0 unspecified atom stereocenters. The van der Waals surface area contributed by atoms with Crippen LogP contribution in [0.15, 0.2) is 11.6 Å². The number of fused-ring (bicyclic) bond motifs is 7. The van der Waals surface area contributed by atoms with Crippen LogP contribution in [0.2, 0.25) is 0 Å². The van der Waals surface area contributed by atoms with E-state index in [-0.39, 0.29) is 18.3 Å². The highest BCUT2D eigenvalue weighted by atomic mass is 16.7. The molecule has 0 bridgehead atoms. The van der Waals surface area contributed by atoms with E-state index in [0.717, 1.165) is 5.57 Å². The summed E-state index contributed by atoms with van der Waals surface area (Å²) in [6.45, 7) is 11.4. The SMILES string of the molecule is CC1(C)CC[C@]2(C(=O)O[C@@H]3O[C@H](CO)[C@@H](O)[C@H](O)[C@H]3O)CC[C@]3(C)C(=CC[C@@H]4[C@@]5(C)C[C@@H](O)[C@H](O)[C@](C)(C(=O)O)[C@@H]5CC[C@]43C)[C@H]2[C@@H]1O. The van der Waals surface area contributed by atoms with Crippen LogP contribution in [0.4, 0.5) is 0 Å². The molecule has 6 aliphatic rings. The van der Waals surface area contributed by atoms with Crippen LogP contribution in [0.1, 0.15) is 92.9 Å². The third-order valence-electron chi connectivity index (χ3n) is 15.4. The zero-order chi connectivity index (χ0) is 35.6. The standard InChI is InChI=1S/C36H56O12/c1-31(2)11-13-36(30(46)48-28-25(41)24(40)23(39)19(16-37)47-28)14-12-33(4)17(22(36)27(31)43)7-8-20-32(3)15-18(38)26(42)35(6,29(44)45)21(32)9-10-34(20,33)5/h7,18-28,37-43H,8-16H2,1-6H3,(H,44,45)/t18-,19-,20-,21-,22+,23-,24+,25-,26+,27+,28+,32-,33-,34-,35-,36+/m1/s1. The minimum Gasteiger partial charge on any atom is -0.481 e. The van der Waals surface area contributed by atoms with Crippen molar-refractivity contribution in [3.05, 3.63) is 11.6 Å². The lowest BCUT2D eigenvalue weighted by Gasteiger charge is -2.71. The van der Waals surface area contributed by atoms with Crippen LogP contribution in [0, 0.1) is 50.2 Å². The Bertz CT molecular complexity index is 1350. The number of carbonyl (C=O) groups is 2. The molecule has 6 rings (SSSR count). The molecule has 272 valence electrons. The van der Waals surface area contributed by atoms with Gasteiger partial charge in [-0.05, 0) is 91.8 Å². The van der Waals surface area contributed by atoms with E-state index in [1.165, 1.54) is 0 Å². The van der Waals surface area contributed by atoms with E-state index < -0.39 is 106 Å². The Morgan fingerprint density at radius 1 is 0.854 bits per heavy atom. The van der Waals surface area contributed by atoms with Gasteiger partial charge in [0, 0.05) is 5.92 Å². The molecule has 5 aliphatic carbocycles. The average molecular weight is 681 g/mol. The Kier molecular flexibility index (Phi) is 8.61. The van der Waals surface area contributed by atoms with E-state index in [9.17, 15) is 50.4 Å². The smallest absolute Gasteiger partial charge is 0.315 e. The quantitative estimate of drug-likeness (QED) is 0.157. The maximum atomic E-state index is 14.4. The summed E-state index contributed by atoms with van der Waals surface area (Å²) in [5.41, 5.74) is -3.75. The third kappa shape index (κ3) is 4.55. The van der Waals surface area contributed by atoms with Crippen LogP contribution in [0.25, 0.3) is 0 Å². The fourth-order valence-electron chi connectivity index (χ4n) is 12.1. The lowest BCUT2D eigenvalue weighted by atomic mass is 9.33. The molecule has 48 heavy (non-hydrogen) atoms. The highest BCUT2D eigenvalue weighted by Gasteiger charge is 2.73. The molecule has 16 atom stereocenters. The molecule has 0 aromatic rings. The third-order valence-corrected chi connectivity index (χ3v) is 15.4. The number of aliphatic hydroxyl groups is 7. The molecule has 0 aromatic heterocycles. The topological polar surface area (TPSA) is 214 Å². The zero-order valence-corrected chi connectivity index (χ0v) is 29.0. The second kappa shape index (κ2) is 11.4. The molecule has 0 radical (unpaired) electrons. The van der Waals surface area contributed by atoms with E-state index >= 15 is 0 Å². The molecular weight excluding hydrogens is 624 g/mol. The van der Waals surface area contributed by atoms with Gasteiger partial charge in [0.2, 0.25) is 6.29 Å². The second-order valence-corrected chi connectivity index (χ2v) is 17.8. The predicted octanol–water partition coefficient (Wildman–Crippen LogP) is 1.50. The number of ether oxygens (including phenoxy) is 2. The molecular formula is C36H56O12. The molecule has 0 aromatic carbocycles. The summed E-state index contributed by atoms with van der Waals surface area (Å²) in [5, 5.41) is 85.7. The van der Waals surface area contributed by atoms with Crippen LogP contribution >= 0.6 is 0 Å². The summed E-state index contributed by atoms with van der Waals surface area (Å²) in [4.78, 5) is 27.2. The molecule has 5 fully saturated rings. The number of carboxylic acid groups (broad SMARTS) is 1. The molecule has 0 spiro atoms. The first-order valence-corrected chi connectivity index (χ1v) is 17.7. The van der Waals surface area contributed by atoms with Gasteiger partial charge in [0.1, 0.15) is 24.4 Å². The van der Waals surface area contributed by atoms with Gasteiger partial charge in [0.15, 0.2) is 0 Å². The van der Waals surface area contributed by atoms with E-state index in [4.69, 9.17) is 9.47 Å². The zero-order valence-electron chi connectivity index (χ0n) is 29.0. The number of rotatable bonds is 4. The minimum absolute atomic E-state index is 0.0411. The maximum Gasteiger partial charge on any atom is 0.315 e. The van der Waals surface area contributed by atoms with Crippen LogP contribution in [-0.4, -0.2) is 108 Å². The van der Waals surface area contributed by atoms with E-state index in [2.05, 4.69) is 26.8 Å². The number of carboxylic acids is 1. The molecule has 8 N–H and O–H groups in total. The first-order valence-electron chi connectivity index (χ1n) is 17.7. The van der Waals surface area contributed by atoms with Gasteiger partial charge in [-0.15, -0.1) is 0 Å². The van der Waals surface area contributed by atoms with E-state index in [0.29, 0.717) is 44.9 Å². The molecule has 1 aliphatic heterocycles. The molecule has 0 amide bonds. The van der Waals surface area contributed by atoms with Crippen LogP contribution in [0.5, 0.6) is 0 Å². The summed E-state index contributed by atoms with van der Waals surface area (Å²) in [5.74, 6) is -2.82. The monoisotopic (exact) mass is 680 g/mol. The van der Waals surface area contributed by atoms with Gasteiger partial charge in [-0.1, -0.05) is 46.3 Å². The van der Waals surface area contributed by atoms with Gasteiger partial charge >= 0.3 is 11.9 Å². The van der Waals surface area contributed by atoms with Crippen molar-refractivity contribution in [3.63, 3.8) is 0 Å². The van der Waals surface area contributed by atoms with Gasteiger partial charge in [-0.25, -0.2) is 0 Å². The summed E-state index contributed by atoms with van der Waals surface area (Å²) in [6.07, 6.45) is -5.35. The molecule has 1 heterocycles. The summed E-state index contributed by atoms with van der Waals surface area (Å²) in [7, 11) is 0. The van der Waals surface area contributed by atoms with Gasteiger partial charge in [-0.2, -0.15) is 0 Å². The number of allylic oxidation sites excluding steroid dienone is 1. The Labute approximate surface area is 282 Å². The largest absolute Gasteiger partial charge is 0.481 e. The fraction of sp³-hybridized carbons (Fsp3) is 0.889. The van der Waals surface area contributed by atoms with Crippen molar-refractivity contribution < 1.29 is 59.9 Å². The average Bonchev–Trinajstić information content (AvgIpc) is 3.02. The van der Waals surface area contributed by atoms with Crippen molar-refractivity contribution >= 4 is 11.9 Å². The van der Waals surface area contributed by atoms with Crippen molar-refractivity contribution in [1.82, 2.24) is 0 Å². The molecule has 12 heteroatoms. The number of aliphatic hydroxyl groups excluding tert-OH is 7. The van der Waals surface area contributed by atoms with E-state index in [1.807, 2.05) is 13.8 Å². The minimum atomic E-state index is -1.74. The number of aliphatic carboxylic acids is 1. The van der Waals surface area contributed by atoms with Gasteiger partial charge in [0.05, 0.1) is 35.7 Å². The Balaban J connectivity index is 1.40. The first-order chi connectivity index (χ1) is 22.2. The Hall–Kier alpha value is -1.64. The molecule has 4 saturated carbocycles. The lowest BCUT2D eigenvalue weighted by Crippen LogP contribution is -2.69. The number of hydrogen-bond donors (Lipinski definition) is 8. The summed E-state index contributed by atoms with van der Waals surface area (Å²) in [6, 6.07) is 0. The van der Waals surface area contributed by atoms with Crippen molar-refractivity contribution in [2.24, 2.45) is 50.2 Å². The normalized spacial score (nSPS) is 54.4. The second-order valence-electron chi connectivity index (χ2n) is 17.8. The van der Waals surface area contributed by atoms with Crippen LogP contribution in [0.3, 0.4) is 0 Å². The number of hydrogen-bond acceptors (Lipinski definition) is 11. The molecule has 12 nitrogen and oxygen atoms in total. The van der Waals surface area contributed by atoms with Gasteiger partial charge in [-0.3, -0.25) is 9.59 Å². The lowest BCUT2D eigenvalue weighted by molar-refractivity contribution is -0.298. The van der Waals surface area contributed by atoms with Crippen molar-refractivity contribution in [2.75, 3.05) is 6.61 Å². The van der Waals surface area contributed by atoms with E-state index in [1.54, 1.807) is 6.92 Å². The highest BCUT2D eigenvalue weighted by Crippen LogP contribution is 2.76. The summed E-state index contributed by atoms with van der Waals surface area (Å²) < 4.78 is 11.4. The van der Waals surface area contributed by atoms with Crippen molar-refractivity contribution in [1.29, 1.82) is 0 Å². The maximum absolute atomic E-state index is 14.4. The van der Waals surface area contributed by atoms with Gasteiger partial charge < -0.3 is 50.3 Å². The fourth-order valence-corrected chi connectivity index (χ4v) is 12.1.